The van der Waals surface area contributed by atoms with E-state index in [1.54, 1.807) is 7.11 Å². The third-order valence-corrected chi connectivity index (χ3v) is 3.74. The second kappa shape index (κ2) is 5.40. The maximum Gasteiger partial charge on any atom is 0.124 e. The van der Waals surface area contributed by atoms with Gasteiger partial charge in [-0.15, -0.1) is 0 Å². The molecule has 2 heteroatoms. The zero-order valence-electron chi connectivity index (χ0n) is 11.3. The minimum atomic E-state index is 0.0102. The summed E-state index contributed by atoms with van der Waals surface area (Å²) in [6.07, 6.45) is 1.06. The Kier molecular flexibility index (Phi) is 3.87. The topological polar surface area (TPSA) is 35.2 Å². The number of rotatable bonds is 4. The van der Waals surface area contributed by atoms with Crippen molar-refractivity contribution in [3.05, 3.63) is 42.0 Å². The van der Waals surface area contributed by atoms with Crippen molar-refractivity contribution >= 4 is 10.8 Å². The molecule has 0 radical (unpaired) electrons. The van der Waals surface area contributed by atoms with Crippen molar-refractivity contribution in [2.24, 2.45) is 11.7 Å². The summed E-state index contributed by atoms with van der Waals surface area (Å²) in [4.78, 5) is 0. The van der Waals surface area contributed by atoms with Gasteiger partial charge in [-0.05, 0) is 22.8 Å². The zero-order valence-corrected chi connectivity index (χ0v) is 11.3. The summed E-state index contributed by atoms with van der Waals surface area (Å²) < 4.78 is 5.49. The van der Waals surface area contributed by atoms with Crippen LogP contribution in [0.5, 0.6) is 5.75 Å². The predicted octanol–water partition coefficient (Wildman–Crippen LogP) is 3.89. The molecule has 0 aromatic heterocycles. The number of hydrogen-bond donors (Lipinski definition) is 1. The molecule has 0 aliphatic carbocycles. The molecule has 0 spiro atoms. The van der Waals surface area contributed by atoms with Crippen LogP contribution in [-0.2, 0) is 0 Å². The van der Waals surface area contributed by atoms with Crippen molar-refractivity contribution in [2.75, 3.05) is 7.11 Å². The van der Waals surface area contributed by atoms with Gasteiger partial charge in [0.25, 0.3) is 0 Å². The number of benzene rings is 2. The SMILES string of the molecule is CCC(C)[C@H](N)c1c(OC)ccc2ccccc12. The van der Waals surface area contributed by atoms with Gasteiger partial charge in [-0.2, -0.15) is 0 Å². The fourth-order valence-corrected chi connectivity index (χ4v) is 2.34. The lowest BCUT2D eigenvalue weighted by Gasteiger charge is -2.23. The number of fused-ring (bicyclic) bond motifs is 1. The van der Waals surface area contributed by atoms with Crippen molar-refractivity contribution in [2.45, 2.75) is 26.3 Å². The molecule has 0 bridgehead atoms. The summed E-state index contributed by atoms with van der Waals surface area (Å²) in [6, 6.07) is 12.4. The summed E-state index contributed by atoms with van der Waals surface area (Å²) in [7, 11) is 1.71. The van der Waals surface area contributed by atoms with E-state index in [1.807, 2.05) is 12.1 Å². The Morgan fingerprint density at radius 2 is 1.89 bits per heavy atom. The molecule has 0 amide bonds. The van der Waals surface area contributed by atoms with E-state index in [0.717, 1.165) is 17.7 Å². The molecule has 2 rings (SSSR count). The van der Waals surface area contributed by atoms with E-state index in [2.05, 4.69) is 38.1 Å². The van der Waals surface area contributed by atoms with Crippen LogP contribution < -0.4 is 10.5 Å². The summed E-state index contributed by atoms with van der Waals surface area (Å²) in [5.41, 5.74) is 7.54. The van der Waals surface area contributed by atoms with Crippen LogP contribution in [0, 0.1) is 5.92 Å². The van der Waals surface area contributed by atoms with Gasteiger partial charge in [0.1, 0.15) is 5.75 Å². The lowest BCUT2D eigenvalue weighted by molar-refractivity contribution is 0.390. The monoisotopic (exact) mass is 243 g/mol. The van der Waals surface area contributed by atoms with E-state index in [-0.39, 0.29) is 6.04 Å². The highest BCUT2D eigenvalue weighted by Crippen LogP contribution is 2.35. The molecule has 2 N–H and O–H groups in total. The Hall–Kier alpha value is -1.54. The van der Waals surface area contributed by atoms with Gasteiger partial charge in [-0.1, -0.05) is 50.6 Å². The van der Waals surface area contributed by atoms with E-state index < -0.39 is 0 Å². The predicted molar refractivity (Wildman–Crippen MR) is 76.9 cm³/mol. The highest BCUT2D eigenvalue weighted by atomic mass is 16.5. The van der Waals surface area contributed by atoms with Crippen LogP contribution in [0.4, 0.5) is 0 Å². The van der Waals surface area contributed by atoms with E-state index in [9.17, 15) is 0 Å². The van der Waals surface area contributed by atoms with E-state index >= 15 is 0 Å². The van der Waals surface area contributed by atoms with E-state index in [1.165, 1.54) is 10.8 Å². The first kappa shape index (κ1) is 12.9. The second-order valence-corrected chi connectivity index (χ2v) is 4.81. The van der Waals surface area contributed by atoms with Crippen molar-refractivity contribution in [3.8, 4) is 5.75 Å². The molecule has 0 aliphatic heterocycles. The number of nitrogens with two attached hydrogens (primary N) is 1. The number of hydrogen-bond acceptors (Lipinski definition) is 2. The Balaban J connectivity index is 2.64. The summed E-state index contributed by atoms with van der Waals surface area (Å²) in [6.45, 7) is 4.36. The van der Waals surface area contributed by atoms with Gasteiger partial charge in [0.05, 0.1) is 7.11 Å². The molecule has 2 atom stereocenters. The minimum Gasteiger partial charge on any atom is -0.496 e. The fourth-order valence-electron chi connectivity index (χ4n) is 2.34. The van der Waals surface area contributed by atoms with Gasteiger partial charge in [0, 0.05) is 11.6 Å². The quantitative estimate of drug-likeness (QED) is 0.884. The van der Waals surface area contributed by atoms with Crippen molar-refractivity contribution < 1.29 is 4.74 Å². The van der Waals surface area contributed by atoms with Crippen LogP contribution in [0.25, 0.3) is 10.8 Å². The lowest BCUT2D eigenvalue weighted by Crippen LogP contribution is -2.19. The maximum atomic E-state index is 6.41. The van der Waals surface area contributed by atoms with Crippen LogP contribution in [0.1, 0.15) is 31.9 Å². The minimum absolute atomic E-state index is 0.0102. The van der Waals surface area contributed by atoms with Crippen molar-refractivity contribution in [1.82, 2.24) is 0 Å². The normalized spacial score (nSPS) is 14.4. The molecule has 2 nitrogen and oxygen atoms in total. The molecule has 0 aliphatic rings. The van der Waals surface area contributed by atoms with Crippen LogP contribution in [-0.4, -0.2) is 7.11 Å². The van der Waals surface area contributed by atoms with Gasteiger partial charge >= 0.3 is 0 Å². The molecule has 2 aromatic rings. The number of ether oxygens (including phenoxy) is 1. The Morgan fingerprint density at radius 3 is 2.56 bits per heavy atom. The highest BCUT2D eigenvalue weighted by molar-refractivity contribution is 5.88. The molecule has 0 saturated carbocycles. The smallest absolute Gasteiger partial charge is 0.124 e. The summed E-state index contributed by atoms with van der Waals surface area (Å²) in [5, 5.41) is 2.41. The third kappa shape index (κ3) is 2.21. The largest absolute Gasteiger partial charge is 0.496 e. The molecular formula is C16H21NO. The first-order chi connectivity index (χ1) is 8.69. The average molecular weight is 243 g/mol. The molecule has 18 heavy (non-hydrogen) atoms. The van der Waals surface area contributed by atoms with Crippen LogP contribution >= 0.6 is 0 Å². The molecule has 96 valence electrons. The molecule has 1 unspecified atom stereocenters. The van der Waals surface area contributed by atoms with Crippen molar-refractivity contribution in [1.29, 1.82) is 0 Å². The molecular weight excluding hydrogens is 222 g/mol. The summed E-state index contributed by atoms with van der Waals surface area (Å²) in [5.74, 6) is 1.33. The fraction of sp³-hybridized carbons (Fsp3) is 0.375. The van der Waals surface area contributed by atoms with Gasteiger partial charge in [0.15, 0.2) is 0 Å². The second-order valence-electron chi connectivity index (χ2n) is 4.81. The lowest BCUT2D eigenvalue weighted by atomic mass is 9.89. The molecule has 2 aromatic carbocycles. The Labute approximate surface area is 109 Å². The number of methoxy groups -OCH3 is 1. The molecule has 0 heterocycles. The van der Waals surface area contributed by atoms with E-state index in [0.29, 0.717) is 5.92 Å². The van der Waals surface area contributed by atoms with Gasteiger partial charge in [-0.3, -0.25) is 0 Å². The average Bonchev–Trinajstić information content (AvgIpc) is 2.44. The van der Waals surface area contributed by atoms with Gasteiger partial charge in [0.2, 0.25) is 0 Å². The standard InChI is InChI=1S/C16H21NO/c1-4-11(2)16(17)15-13-8-6-5-7-12(13)9-10-14(15)18-3/h5-11,16H,4,17H2,1-3H3/t11?,16-/m0/s1. The van der Waals surface area contributed by atoms with Gasteiger partial charge in [-0.25, -0.2) is 0 Å². The van der Waals surface area contributed by atoms with Crippen molar-refractivity contribution in [3.63, 3.8) is 0 Å². The van der Waals surface area contributed by atoms with Crippen LogP contribution in [0.15, 0.2) is 36.4 Å². The first-order valence-corrected chi connectivity index (χ1v) is 6.50. The third-order valence-electron chi connectivity index (χ3n) is 3.74. The van der Waals surface area contributed by atoms with Crippen LogP contribution in [0.2, 0.25) is 0 Å². The highest BCUT2D eigenvalue weighted by Gasteiger charge is 2.19. The maximum absolute atomic E-state index is 6.41. The van der Waals surface area contributed by atoms with Crippen LogP contribution in [0.3, 0.4) is 0 Å². The Morgan fingerprint density at radius 1 is 1.17 bits per heavy atom. The first-order valence-electron chi connectivity index (χ1n) is 6.50. The summed E-state index contributed by atoms with van der Waals surface area (Å²) >= 11 is 0. The molecule has 0 saturated heterocycles. The molecule has 0 fully saturated rings. The Bertz CT molecular complexity index is 536. The van der Waals surface area contributed by atoms with Gasteiger partial charge < -0.3 is 10.5 Å². The zero-order chi connectivity index (χ0) is 13.1. The van der Waals surface area contributed by atoms with E-state index in [4.69, 9.17) is 10.5 Å².